The van der Waals surface area contributed by atoms with Crippen LogP contribution >= 0.6 is 0 Å². The SMILES string of the molecule is COc1cc(CNC(=O)CN(C(C)C)[S+]([O-])c2ccc(F)cc2)cc(-c2ccc(C(F)(F)F)cc2)c1. The number of hydrogen-bond acceptors (Lipinski definition) is 4. The fourth-order valence-corrected chi connectivity index (χ4v) is 4.67. The second-order valence-electron chi connectivity index (χ2n) is 8.29. The monoisotopic (exact) mass is 522 g/mol. The van der Waals surface area contributed by atoms with Gasteiger partial charge in [-0.1, -0.05) is 12.1 Å². The van der Waals surface area contributed by atoms with E-state index < -0.39 is 28.9 Å². The van der Waals surface area contributed by atoms with E-state index in [9.17, 15) is 26.9 Å². The molecule has 10 heteroatoms. The van der Waals surface area contributed by atoms with E-state index in [1.54, 1.807) is 32.0 Å². The molecule has 1 N–H and O–H groups in total. The van der Waals surface area contributed by atoms with Gasteiger partial charge in [0.05, 0.1) is 30.1 Å². The number of amides is 1. The highest BCUT2D eigenvalue weighted by atomic mass is 32.2. The molecule has 3 aromatic rings. The first-order valence-electron chi connectivity index (χ1n) is 11.0. The van der Waals surface area contributed by atoms with Gasteiger partial charge >= 0.3 is 6.18 Å². The van der Waals surface area contributed by atoms with E-state index >= 15 is 0 Å². The predicted molar refractivity (Wildman–Crippen MR) is 130 cm³/mol. The molecular formula is C26H26F4N2O3S. The Balaban J connectivity index is 1.71. The van der Waals surface area contributed by atoms with Gasteiger partial charge in [0.15, 0.2) is 4.90 Å². The maximum absolute atomic E-state index is 13.2. The minimum Gasteiger partial charge on any atom is -0.593 e. The summed E-state index contributed by atoms with van der Waals surface area (Å²) in [5.41, 5.74) is 1.13. The summed E-state index contributed by atoms with van der Waals surface area (Å²) in [6, 6.07) is 15.0. The van der Waals surface area contributed by atoms with Crippen molar-refractivity contribution in [2.24, 2.45) is 0 Å². The summed E-state index contributed by atoms with van der Waals surface area (Å²) in [6.07, 6.45) is -4.42. The van der Waals surface area contributed by atoms with Gasteiger partial charge < -0.3 is 14.6 Å². The third-order valence-corrected chi connectivity index (χ3v) is 6.99. The predicted octanol–water partition coefficient (Wildman–Crippen LogP) is 5.57. The normalized spacial score (nSPS) is 12.6. The minimum atomic E-state index is -4.42. The van der Waals surface area contributed by atoms with E-state index in [4.69, 9.17) is 4.74 Å². The lowest BCUT2D eigenvalue weighted by molar-refractivity contribution is -0.137. The first-order valence-corrected chi connectivity index (χ1v) is 12.1. The first kappa shape index (κ1) is 27.5. The van der Waals surface area contributed by atoms with Gasteiger partial charge in [0.25, 0.3) is 0 Å². The highest BCUT2D eigenvalue weighted by Gasteiger charge is 2.30. The maximum atomic E-state index is 13.2. The van der Waals surface area contributed by atoms with E-state index in [1.807, 2.05) is 0 Å². The van der Waals surface area contributed by atoms with Crippen molar-refractivity contribution >= 4 is 17.3 Å². The molecule has 0 aliphatic carbocycles. The number of rotatable bonds is 9. The summed E-state index contributed by atoms with van der Waals surface area (Å²) in [6.45, 7) is 3.57. The molecule has 0 saturated carbocycles. The standard InChI is InChI=1S/C26H26F4N2O3S/c1-17(2)32(36(34)24-10-8-22(27)9-11-24)16-25(33)31-15-18-12-20(14-23(13-18)35-3)19-4-6-21(7-5-19)26(28,29)30/h4-14,17H,15-16H2,1-3H3,(H,31,33). The molecule has 1 amide bonds. The number of alkyl halides is 3. The average molecular weight is 523 g/mol. The highest BCUT2D eigenvalue weighted by Crippen LogP contribution is 2.32. The lowest BCUT2D eigenvalue weighted by Gasteiger charge is -2.26. The molecule has 1 atom stereocenters. The zero-order valence-electron chi connectivity index (χ0n) is 19.9. The van der Waals surface area contributed by atoms with E-state index in [0.29, 0.717) is 27.3 Å². The van der Waals surface area contributed by atoms with Crippen LogP contribution in [0.15, 0.2) is 71.6 Å². The van der Waals surface area contributed by atoms with E-state index in [2.05, 4.69) is 5.32 Å². The fourth-order valence-electron chi connectivity index (χ4n) is 3.42. The zero-order valence-corrected chi connectivity index (χ0v) is 20.8. The summed E-state index contributed by atoms with van der Waals surface area (Å²) in [4.78, 5) is 13.1. The van der Waals surface area contributed by atoms with Crippen LogP contribution in [0.5, 0.6) is 5.75 Å². The number of hydrogen-bond donors (Lipinski definition) is 1. The van der Waals surface area contributed by atoms with Crippen molar-refractivity contribution in [3.05, 3.63) is 83.7 Å². The number of carbonyl (C=O) groups is 1. The third-order valence-electron chi connectivity index (χ3n) is 5.34. The number of benzene rings is 3. The van der Waals surface area contributed by atoms with E-state index in [0.717, 1.165) is 12.1 Å². The number of halogens is 4. The Hall–Kier alpha value is -3.08. The molecule has 0 spiro atoms. The van der Waals surface area contributed by atoms with Crippen LogP contribution in [-0.2, 0) is 28.9 Å². The molecule has 5 nitrogen and oxygen atoms in total. The Morgan fingerprint density at radius 3 is 2.22 bits per heavy atom. The number of methoxy groups -OCH3 is 1. The molecule has 0 radical (unpaired) electrons. The Kier molecular flexibility index (Phi) is 8.99. The van der Waals surface area contributed by atoms with Gasteiger partial charge in [-0.15, -0.1) is 4.31 Å². The van der Waals surface area contributed by atoms with Crippen molar-refractivity contribution in [2.45, 2.75) is 37.5 Å². The smallest absolute Gasteiger partial charge is 0.416 e. The first-order chi connectivity index (χ1) is 17.0. The van der Waals surface area contributed by atoms with Crippen LogP contribution < -0.4 is 10.1 Å². The Morgan fingerprint density at radius 1 is 1.03 bits per heavy atom. The van der Waals surface area contributed by atoms with Crippen molar-refractivity contribution in [1.82, 2.24) is 9.62 Å². The van der Waals surface area contributed by atoms with Gasteiger partial charge in [-0.2, -0.15) is 13.2 Å². The third kappa shape index (κ3) is 7.22. The summed E-state index contributed by atoms with van der Waals surface area (Å²) in [7, 11) is 1.47. The van der Waals surface area contributed by atoms with Crippen LogP contribution in [0.3, 0.4) is 0 Å². The quantitative estimate of drug-likeness (QED) is 0.295. The number of ether oxygens (including phenoxy) is 1. The molecule has 0 heterocycles. The van der Waals surface area contributed by atoms with Gasteiger partial charge in [-0.3, -0.25) is 4.79 Å². The van der Waals surface area contributed by atoms with Crippen LogP contribution in [0.2, 0.25) is 0 Å². The number of nitrogens with zero attached hydrogens (tertiary/aromatic N) is 1. The van der Waals surface area contributed by atoms with Crippen molar-refractivity contribution in [3.8, 4) is 16.9 Å². The van der Waals surface area contributed by atoms with Crippen LogP contribution in [0.1, 0.15) is 25.0 Å². The maximum Gasteiger partial charge on any atom is 0.416 e. The topological polar surface area (TPSA) is 64.6 Å². The Labute approximate surface area is 210 Å². The number of carbonyl (C=O) groups excluding carboxylic acids is 1. The largest absolute Gasteiger partial charge is 0.593 e. The number of nitrogens with one attached hydrogen (secondary N) is 1. The van der Waals surface area contributed by atoms with Gasteiger partial charge in [0, 0.05) is 6.54 Å². The molecular weight excluding hydrogens is 496 g/mol. The molecule has 0 aliphatic rings. The molecule has 0 aromatic heterocycles. The van der Waals surface area contributed by atoms with E-state index in [-0.39, 0.29) is 25.0 Å². The Bertz CT molecular complexity index is 1170. The lowest BCUT2D eigenvalue weighted by Crippen LogP contribution is -2.44. The molecule has 192 valence electrons. The average Bonchev–Trinajstić information content (AvgIpc) is 2.85. The second kappa shape index (κ2) is 11.8. The van der Waals surface area contributed by atoms with Crippen molar-refractivity contribution in [3.63, 3.8) is 0 Å². The molecule has 36 heavy (non-hydrogen) atoms. The van der Waals surface area contributed by atoms with Crippen molar-refractivity contribution in [1.29, 1.82) is 0 Å². The van der Waals surface area contributed by atoms with Crippen LogP contribution in [0, 0.1) is 5.82 Å². The summed E-state index contributed by atoms with van der Waals surface area (Å²) in [5.74, 6) is -0.338. The van der Waals surface area contributed by atoms with Gasteiger partial charge in [-0.25, -0.2) is 4.39 Å². The molecule has 0 bridgehead atoms. The van der Waals surface area contributed by atoms with Gasteiger partial charge in [0.2, 0.25) is 5.91 Å². The fraction of sp³-hybridized carbons (Fsp3) is 0.269. The molecule has 3 rings (SSSR count). The summed E-state index contributed by atoms with van der Waals surface area (Å²) >= 11 is -1.66. The Morgan fingerprint density at radius 2 is 1.67 bits per heavy atom. The van der Waals surface area contributed by atoms with E-state index in [1.165, 1.54) is 47.8 Å². The van der Waals surface area contributed by atoms with Crippen LogP contribution in [0.25, 0.3) is 11.1 Å². The van der Waals surface area contributed by atoms with Gasteiger partial charge in [-0.05, 0) is 85.1 Å². The molecule has 3 aromatic carbocycles. The lowest BCUT2D eigenvalue weighted by atomic mass is 10.0. The molecule has 1 unspecified atom stereocenters. The minimum absolute atomic E-state index is 0.124. The second-order valence-corrected chi connectivity index (χ2v) is 9.73. The van der Waals surface area contributed by atoms with Crippen molar-refractivity contribution < 1.29 is 31.6 Å². The highest BCUT2D eigenvalue weighted by molar-refractivity contribution is 7.89. The molecule has 0 fully saturated rings. The summed E-state index contributed by atoms with van der Waals surface area (Å²) in [5, 5.41) is 2.78. The van der Waals surface area contributed by atoms with Gasteiger partial charge in [0.1, 0.15) is 18.1 Å². The molecule has 0 saturated heterocycles. The summed E-state index contributed by atoms with van der Waals surface area (Å²) < 4.78 is 71.6. The van der Waals surface area contributed by atoms with Crippen LogP contribution in [-0.4, -0.2) is 34.5 Å². The van der Waals surface area contributed by atoms with Crippen molar-refractivity contribution in [2.75, 3.05) is 13.7 Å². The van der Waals surface area contributed by atoms with Crippen LogP contribution in [0.4, 0.5) is 17.6 Å². The molecule has 0 aliphatic heterocycles. The zero-order chi connectivity index (χ0) is 26.5.